The molecule has 154 valence electrons. The first-order valence-corrected chi connectivity index (χ1v) is 11.0. The van der Waals surface area contributed by atoms with E-state index < -0.39 is 0 Å². The summed E-state index contributed by atoms with van der Waals surface area (Å²) in [6.07, 6.45) is 6.01. The second kappa shape index (κ2) is 8.37. The molecule has 8 heteroatoms. The number of nitrogens with zero attached hydrogens (tertiary/aromatic N) is 4. The van der Waals surface area contributed by atoms with Gasteiger partial charge in [0.25, 0.3) is 0 Å². The SMILES string of the molecule is O=C(Cc1cn(-c2ccccc2)nc1-c1ccc(Cl)cc1)NCc1cn2ccsc2n1. The summed E-state index contributed by atoms with van der Waals surface area (Å²) < 4.78 is 3.75. The fourth-order valence-corrected chi connectivity index (χ4v) is 4.23. The maximum absolute atomic E-state index is 12.7. The molecule has 0 aliphatic heterocycles. The molecule has 0 saturated heterocycles. The summed E-state index contributed by atoms with van der Waals surface area (Å²) in [7, 11) is 0. The molecule has 0 radical (unpaired) electrons. The Morgan fingerprint density at radius 1 is 1.06 bits per heavy atom. The maximum atomic E-state index is 12.7. The van der Waals surface area contributed by atoms with Gasteiger partial charge < -0.3 is 5.32 Å². The fraction of sp³-hybridized carbons (Fsp3) is 0.0870. The lowest BCUT2D eigenvalue weighted by atomic mass is 10.1. The highest BCUT2D eigenvalue weighted by atomic mass is 35.5. The number of amides is 1. The number of carbonyl (C=O) groups excluding carboxylic acids is 1. The van der Waals surface area contributed by atoms with E-state index in [4.69, 9.17) is 16.7 Å². The Balaban J connectivity index is 1.38. The minimum absolute atomic E-state index is 0.0841. The van der Waals surface area contributed by atoms with Gasteiger partial charge in [-0.15, -0.1) is 11.3 Å². The van der Waals surface area contributed by atoms with Gasteiger partial charge in [-0.1, -0.05) is 41.9 Å². The van der Waals surface area contributed by atoms with Gasteiger partial charge in [0.2, 0.25) is 5.91 Å². The quantitative estimate of drug-likeness (QED) is 0.408. The lowest BCUT2D eigenvalue weighted by molar-refractivity contribution is -0.120. The third-order valence-electron chi connectivity index (χ3n) is 4.89. The van der Waals surface area contributed by atoms with Gasteiger partial charge in [-0.05, 0) is 24.3 Å². The molecule has 0 saturated carbocycles. The molecule has 0 fully saturated rings. The molecule has 0 aliphatic carbocycles. The highest BCUT2D eigenvalue weighted by molar-refractivity contribution is 7.15. The average Bonchev–Trinajstić information content (AvgIpc) is 3.49. The number of hydrogen-bond donors (Lipinski definition) is 1. The van der Waals surface area contributed by atoms with Crippen molar-refractivity contribution in [3.8, 4) is 16.9 Å². The number of halogens is 1. The van der Waals surface area contributed by atoms with Crippen molar-refractivity contribution in [2.24, 2.45) is 0 Å². The van der Waals surface area contributed by atoms with Crippen LogP contribution >= 0.6 is 22.9 Å². The van der Waals surface area contributed by atoms with Crippen LogP contribution in [0.1, 0.15) is 11.3 Å². The Kier molecular flexibility index (Phi) is 5.28. The van der Waals surface area contributed by atoms with Gasteiger partial charge in [0.15, 0.2) is 4.96 Å². The van der Waals surface area contributed by atoms with Gasteiger partial charge in [0.05, 0.1) is 30.0 Å². The second-order valence-electron chi connectivity index (χ2n) is 7.07. The molecule has 0 atom stereocenters. The van der Waals surface area contributed by atoms with Gasteiger partial charge in [-0.2, -0.15) is 5.10 Å². The van der Waals surface area contributed by atoms with Crippen LogP contribution in [0.5, 0.6) is 0 Å². The first-order chi connectivity index (χ1) is 15.2. The third kappa shape index (κ3) is 4.23. The number of carbonyl (C=O) groups is 1. The van der Waals surface area contributed by atoms with E-state index in [1.165, 1.54) is 0 Å². The minimum Gasteiger partial charge on any atom is -0.350 e. The average molecular weight is 448 g/mol. The molecule has 1 amide bonds. The molecule has 5 rings (SSSR count). The van der Waals surface area contributed by atoms with Gasteiger partial charge in [-0.25, -0.2) is 9.67 Å². The number of rotatable bonds is 6. The monoisotopic (exact) mass is 447 g/mol. The first kappa shape index (κ1) is 19.5. The predicted octanol–water partition coefficient (Wildman–Crippen LogP) is 4.76. The van der Waals surface area contributed by atoms with Crippen LogP contribution in [0, 0.1) is 0 Å². The van der Waals surface area contributed by atoms with Crippen LogP contribution < -0.4 is 5.32 Å². The zero-order valence-electron chi connectivity index (χ0n) is 16.4. The summed E-state index contributed by atoms with van der Waals surface area (Å²) in [5.74, 6) is -0.0841. The molecule has 0 aliphatic rings. The molecule has 3 aromatic heterocycles. The number of aromatic nitrogens is 4. The zero-order valence-corrected chi connectivity index (χ0v) is 18.0. The van der Waals surface area contributed by atoms with Crippen molar-refractivity contribution in [2.75, 3.05) is 0 Å². The Bertz CT molecular complexity index is 1310. The van der Waals surface area contributed by atoms with E-state index in [-0.39, 0.29) is 12.3 Å². The maximum Gasteiger partial charge on any atom is 0.224 e. The Labute approximate surface area is 187 Å². The molecule has 0 bridgehead atoms. The molecule has 31 heavy (non-hydrogen) atoms. The van der Waals surface area contributed by atoms with Crippen molar-refractivity contribution < 1.29 is 4.79 Å². The molecular formula is C23H18ClN5OS. The van der Waals surface area contributed by atoms with Crippen molar-refractivity contribution in [3.63, 3.8) is 0 Å². The zero-order chi connectivity index (χ0) is 21.2. The van der Waals surface area contributed by atoms with Gasteiger partial charge in [0.1, 0.15) is 0 Å². The number of para-hydroxylation sites is 1. The fourth-order valence-electron chi connectivity index (χ4n) is 3.39. The molecule has 1 N–H and O–H groups in total. The number of imidazole rings is 1. The minimum atomic E-state index is -0.0841. The highest BCUT2D eigenvalue weighted by Gasteiger charge is 2.16. The smallest absolute Gasteiger partial charge is 0.224 e. The van der Waals surface area contributed by atoms with Gasteiger partial charge in [0, 0.05) is 40.1 Å². The molecule has 3 heterocycles. The van der Waals surface area contributed by atoms with Crippen molar-refractivity contribution in [2.45, 2.75) is 13.0 Å². The Hall–Kier alpha value is -3.42. The van der Waals surface area contributed by atoms with E-state index in [0.717, 1.165) is 33.2 Å². The normalized spacial score (nSPS) is 11.1. The standard InChI is InChI=1S/C23H18ClN5OS/c24-18-8-6-16(7-9-18)22-17(14-29(27-22)20-4-2-1-3-5-20)12-21(30)25-13-19-15-28-10-11-31-23(28)26-19/h1-11,14-15H,12-13H2,(H,25,30). The van der Waals surface area contributed by atoms with E-state index in [2.05, 4.69) is 10.3 Å². The predicted molar refractivity (Wildman–Crippen MR) is 123 cm³/mol. The lowest BCUT2D eigenvalue weighted by Crippen LogP contribution is -2.24. The van der Waals surface area contributed by atoms with E-state index in [1.807, 2.05) is 83.0 Å². The summed E-state index contributed by atoms with van der Waals surface area (Å²) in [6, 6.07) is 17.3. The molecular weight excluding hydrogens is 430 g/mol. The van der Waals surface area contributed by atoms with Crippen LogP contribution in [0.15, 0.2) is 78.6 Å². The van der Waals surface area contributed by atoms with E-state index in [9.17, 15) is 4.79 Å². The van der Waals surface area contributed by atoms with Crippen molar-refractivity contribution in [1.29, 1.82) is 0 Å². The van der Waals surface area contributed by atoms with Crippen molar-refractivity contribution in [3.05, 3.63) is 94.8 Å². The van der Waals surface area contributed by atoms with Crippen LogP contribution in [0.2, 0.25) is 5.02 Å². The Morgan fingerprint density at radius 3 is 2.65 bits per heavy atom. The van der Waals surface area contributed by atoms with E-state index in [0.29, 0.717) is 11.6 Å². The van der Waals surface area contributed by atoms with Gasteiger partial charge >= 0.3 is 0 Å². The lowest BCUT2D eigenvalue weighted by Gasteiger charge is -2.04. The summed E-state index contributed by atoms with van der Waals surface area (Å²) >= 11 is 7.61. The van der Waals surface area contributed by atoms with Gasteiger partial charge in [-0.3, -0.25) is 9.20 Å². The van der Waals surface area contributed by atoms with Crippen molar-refractivity contribution >= 4 is 33.8 Å². The highest BCUT2D eigenvalue weighted by Crippen LogP contribution is 2.25. The summed E-state index contributed by atoms with van der Waals surface area (Å²) in [6.45, 7) is 0.385. The largest absolute Gasteiger partial charge is 0.350 e. The van der Waals surface area contributed by atoms with Crippen LogP contribution in [-0.4, -0.2) is 25.1 Å². The van der Waals surface area contributed by atoms with E-state index in [1.54, 1.807) is 16.0 Å². The topological polar surface area (TPSA) is 64.2 Å². The number of nitrogens with one attached hydrogen (secondary N) is 1. The number of hydrogen-bond acceptors (Lipinski definition) is 4. The van der Waals surface area contributed by atoms with Crippen molar-refractivity contribution in [1.82, 2.24) is 24.5 Å². The summed E-state index contributed by atoms with van der Waals surface area (Å²) in [5.41, 5.74) is 4.28. The number of benzene rings is 2. The van der Waals surface area contributed by atoms with Crippen LogP contribution in [-0.2, 0) is 17.8 Å². The van der Waals surface area contributed by atoms with E-state index >= 15 is 0 Å². The van der Waals surface area contributed by atoms with Crippen LogP contribution in [0.25, 0.3) is 21.9 Å². The molecule has 5 aromatic rings. The number of fused-ring (bicyclic) bond motifs is 1. The Morgan fingerprint density at radius 2 is 1.87 bits per heavy atom. The first-order valence-electron chi connectivity index (χ1n) is 9.73. The third-order valence-corrected chi connectivity index (χ3v) is 5.91. The number of thiazole rings is 1. The second-order valence-corrected chi connectivity index (χ2v) is 8.38. The summed E-state index contributed by atoms with van der Waals surface area (Å²) in [5, 5.41) is 10.4. The molecule has 6 nitrogen and oxygen atoms in total. The van der Waals surface area contributed by atoms with Crippen LogP contribution in [0.3, 0.4) is 0 Å². The summed E-state index contributed by atoms with van der Waals surface area (Å²) in [4.78, 5) is 18.1. The molecule has 2 aromatic carbocycles. The van der Waals surface area contributed by atoms with Crippen LogP contribution in [0.4, 0.5) is 0 Å². The molecule has 0 spiro atoms. The molecule has 0 unspecified atom stereocenters.